The second-order valence-electron chi connectivity index (χ2n) is 2.53. The molecule has 56 valence electrons. The lowest BCUT2D eigenvalue weighted by Crippen LogP contribution is -1.90. The topological polar surface area (TPSA) is 12.4 Å². The quantitative estimate of drug-likeness (QED) is 0.417. The molecule has 0 amide bonds. The Hall–Kier alpha value is -0.850. The molecule has 0 aliphatic rings. The summed E-state index contributed by atoms with van der Waals surface area (Å²) in [6.07, 6.45) is 7.29. The van der Waals surface area contributed by atoms with Gasteiger partial charge in [0, 0.05) is 12.8 Å². The Morgan fingerprint density at radius 1 is 1.40 bits per heavy atom. The molecule has 0 fully saturated rings. The van der Waals surface area contributed by atoms with Crippen molar-refractivity contribution in [2.45, 2.75) is 13.8 Å². The fraction of sp³-hybridized carbons (Fsp3) is 0.444. The van der Waals surface area contributed by atoms with E-state index in [1.54, 1.807) is 6.08 Å². The molecule has 0 unspecified atom stereocenters. The van der Waals surface area contributed by atoms with E-state index in [0.717, 1.165) is 6.54 Å². The molecule has 0 saturated heterocycles. The third-order valence-corrected chi connectivity index (χ3v) is 0.909. The van der Waals surface area contributed by atoms with Crippen LogP contribution in [-0.4, -0.2) is 12.8 Å². The largest absolute Gasteiger partial charge is 0.293 e. The van der Waals surface area contributed by atoms with Gasteiger partial charge in [0.15, 0.2) is 0 Å². The Kier molecular flexibility index (Phi) is 5.74. The Balaban J connectivity index is 3.37. The smallest absolute Gasteiger partial charge is 0.0412 e. The summed E-state index contributed by atoms with van der Waals surface area (Å²) >= 11 is 0. The highest BCUT2D eigenvalue weighted by molar-refractivity contribution is 5.71. The van der Waals surface area contributed by atoms with Crippen molar-refractivity contribution in [2.75, 3.05) is 6.54 Å². The van der Waals surface area contributed by atoms with Gasteiger partial charge in [0.05, 0.1) is 0 Å². The predicted molar refractivity (Wildman–Crippen MR) is 47.5 cm³/mol. The summed E-state index contributed by atoms with van der Waals surface area (Å²) in [4.78, 5) is 4.15. The number of allylic oxidation sites excluding steroid dienone is 3. The van der Waals surface area contributed by atoms with Crippen LogP contribution in [0.15, 0.2) is 29.8 Å². The number of aliphatic imine (C=N–C) groups is 1. The first-order chi connectivity index (χ1) is 4.77. The third kappa shape index (κ3) is 7.15. The Bertz CT molecular complexity index is 132. The molecule has 0 aromatic rings. The van der Waals surface area contributed by atoms with Crippen molar-refractivity contribution in [1.29, 1.82) is 0 Å². The molecule has 0 bridgehead atoms. The van der Waals surface area contributed by atoms with Crippen LogP contribution in [0.4, 0.5) is 0 Å². The van der Waals surface area contributed by atoms with Crippen LogP contribution in [0.2, 0.25) is 0 Å². The highest BCUT2D eigenvalue weighted by Crippen LogP contribution is 1.89. The van der Waals surface area contributed by atoms with Crippen LogP contribution in [0.3, 0.4) is 0 Å². The van der Waals surface area contributed by atoms with Crippen molar-refractivity contribution in [3.63, 3.8) is 0 Å². The van der Waals surface area contributed by atoms with Gasteiger partial charge in [-0.2, -0.15) is 0 Å². The van der Waals surface area contributed by atoms with Crippen molar-refractivity contribution in [3.05, 3.63) is 24.8 Å². The van der Waals surface area contributed by atoms with Crippen LogP contribution in [0.1, 0.15) is 13.8 Å². The van der Waals surface area contributed by atoms with Crippen molar-refractivity contribution in [3.8, 4) is 0 Å². The fourth-order valence-electron chi connectivity index (χ4n) is 0.461. The van der Waals surface area contributed by atoms with E-state index < -0.39 is 0 Å². The molecule has 0 radical (unpaired) electrons. The molecule has 0 aliphatic carbocycles. The summed E-state index contributed by atoms with van der Waals surface area (Å²) in [6.45, 7) is 8.74. The molecule has 1 heteroatoms. The Labute approximate surface area is 63.2 Å². The zero-order valence-corrected chi connectivity index (χ0v) is 6.75. The van der Waals surface area contributed by atoms with E-state index in [0.29, 0.717) is 5.92 Å². The maximum atomic E-state index is 4.15. The molecule has 0 atom stereocenters. The molecule has 0 aromatic carbocycles. The van der Waals surface area contributed by atoms with Gasteiger partial charge in [-0.1, -0.05) is 32.6 Å². The minimum absolute atomic E-state index is 0.647. The summed E-state index contributed by atoms with van der Waals surface area (Å²) in [7, 11) is 0. The molecule has 0 heterocycles. The zero-order valence-electron chi connectivity index (χ0n) is 6.75. The fourth-order valence-corrected chi connectivity index (χ4v) is 0.461. The third-order valence-electron chi connectivity index (χ3n) is 0.909. The van der Waals surface area contributed by atoms with E-state index in [1.165, 1.54) is 0 Å². The van der Waals surface area contributed by atoms with Crippen LogP contribution in [0, 0.1) is 5.92 Å². The van der Waals surface area contributed by atoms with E-state index in [9.17, 15) is 0 Å². The second-order valence-corrected chi connectivity index (χ2v) is 2.53. The highest BCUT2D eigenvalue weighted by Gasteiger charge is 1.85. The van der Waals surface area contributed by atoms with Crippen molar-refractivity contribution in [1.82, 2.24) is 0 Å². The first-order valence-corrected chi connectivity index (χ1v) is 3.55. The number of hydrogen-bond donors (Lipinski definition) is 0. The average Bonchev–Trinajstić information content (AvgIpc) is 1.87. The van der Waals surface area contributed by atoms with E-state index >= 15 is 0 Å². The molecular weight excluding hydrogens is 122 g/mol. The van der Waals surface area contributed by atoms with Crippen molar-refractivity contribution in [2.24, 2.45) is 10.9 Å². The molecular formula is C9H15N. The molecule has 0 saturated carbocycles. The second kappa shape index (κ2) is 6.27. The maximum Gasteiger partial charge on any atom is 0.0412 e. The SMILES string of the molecule is C=C/C=C\C=NCC(C)C. The first kappa shape index (κ1) is 9.15. The molecule has 0 N–H and O–H groups in total. The minimum Gasteiger partial charge on any atom is -0.293 e. The van der Waals surface area contributed by atoms with Crippen LogP contribution < -0.4 is 0 Å². The molecule has 10 heavy (non-hydrogen) atoms. The zero-order chi connectivity index (χ0) is 7.82. The summed E-state index contributed by atoms with van der Waals surface area (Å²) in [6, 6.07) is 0. The van der Waals surface area contributed by atoms with Gasteiger partial charge in [0.25, 0.3) is 0 Å². The normalized spacial score (nSPS) is 11.9. The summed E-state index contributed by atoms with van der Waals surface area (Å²) < 4.78 is 0. The highest BCUT2D eigenvalue weighted by atomic mass is 14.7. The lowest BCUT2D eigenvalue weighted by Gasteiger charge is -1.94. The Morgan fingerprint density at radius 3 is 2.60 bits per heavy atom. The summed E-state index contributed by atoms with van der Waals surface area (Å²) in [5.41, 5.74) is 0. The van der Waals surface area contributed by atoms with Gasteiger partial charge in [-0.05, 0) is 12.0 Å². The van der Waals surface area contributed by atoms with E-state index in [1.807, 2.05) is 18.4 Å². The molecule has 0 spiro atoms. The van der Waals surface area contributed by atoms with E-state index in [4.69, 9.17) is 0 Å². The summed E-state index contributed by atoms with van der Waals surface area (Å²) in [5.74, 6) is 0.647. The van der Waals surface area contributed by atoms with Crippen molar-refractivity contribution < 1.29 is 0 Å². The monoisotopic (exact) mass is 137 g/mol. The number of nitrogens with zero attached hydrogens (tertiary/aromatic N) is 1. The number of hydrogen-bond acceptors (Lipinski definition) is 1. The van der Waals surface area contributed by atoms with Gasteiger partial charge < -0.3 is 0 Å². The van der Waals surface area contributed by atoms with Gasteiger partial charge in [-0.3, -0.25) is 4.99 Å². The van der Waals surface area contributed by atoms with Gasteiger partial charge in [0.1, 0.15) is 0 Å². The lowest BCUT2D eigenvalue weighted by atomic mass is 10.2. The van der Waals surface area contributed by atoms with E-state index in [-0.39, 0.29) is 0 Å². The van der Waals surface area contributed by atoms with Crippen LogP contribution >= 0.6 is 0 Å². The van der Waals surface area contributed by atoms with Gasteiger partial charge in [-0.15, -0.1) is 0 Å². The Morgan fingerprint density at radius 2 is 2.10 bits per heavy atom. The summed E-state index contributed by atoms with van der Waals surface area (Å²) in [5, 5.41) is 0. The number of rotatable bonds is 4. The van der Waals surface area contributed by atoms with Gasteiger partial charge in [-0.25, -0.2) is 0 Å². The average molecular weight is 137 g/mol. The molecule has 0 aliphatic heterocycles. The first-order valence-electron chi connectivity index (χ1n) is 3.55. The molecule has 0 rings (SSSR count). The standard InChI is InChI=1S/C9H15N/c1-4-5-6-7-10-8-9(2)3/h4-7,9H,1,8H2,2-3H3/b6-5-,10-7?. The van der Waals surface area contributed by atoms with Crippen LogP contribution in [0.25, 0.3) is 0 Å². The lowest BCUT2D eigenvalue weighted by molar-refractivity contribution is 0.667. The van der Waals surface area contributed by atoms with E-state index in [2.05, 4.69) is 25.4 Å². The molecule has 1 nitrogen and oxygen atoms in total. The van der Waals surface area contributed by atoms with Crippen LogP contribution in [-0.2, 0) is 0 Å². The van der Waals surface area contributed by atoms with Gasteiger partial charge in [0.2, 0.25) is 0 Å². The minimum atomic E-state index is 0.647. The maximum absolute atomic E-state index is 4.15. The van der Waals surface area contributed by atoms with Gasteiger partial charge >= 0.3 is 0 Å². The van der Waals surface area contributed by atoms with Crippen molar-refractivity contribution >= 4 is 6.21 Å². The van der Waals surface area contributed by atoms with Crippen LogP contribution in [0.5, 0.6) is 0 Å². The molecule has 0 aromatic heterocycles. The predicted octanol–water partition coefficient (Wildman–Crippen LogP) is 2.46.